The number of hydrogen-bond donors (Lipinski definition) is 2. The molecule has 2 N–H and O–H groups in total. The van der Waals surface area contributed by atoms with Crippen molar-refractivity contribution >= 4 is 17.7 Å². The first-order chi connectivity index (χ1) is 6.11. The number of rotatable bonds is 4. The van der Waals surface area contributed by atoms with Gasteiger partial charge in [0.2, 0.25) is 0 Å². The van der Waals surface area contributed by atoms with Crippen LogP contribution in [0.4, 0.5) is 0 Å². The van der Waals surface area contributed by atoms with Crippen LogP contribution in [-0.4, -0.2) is 31.6 Å². The van der Waals surface area contributed by atoms with E-state index in [-0.39, 0.29) is 12.1 Å². The predicted octanol–water partition coefficient (Wildman–Crippen LogP) is -0.325. The first-order valence-electron chi connectivity index (χ1n) is 3.57. The van der Waals surface area contributed by atoms with Gasteiger partial charge >= 0.3 is 11.7 Å². The average molecular weight is 203 g/mol. The third-order valence-corrected chi connectivity index (χ3v) is 2.42. The molecule has 0 aliphatic heterocycles. The molecule has 0 amide bonds. The maximum atomic E-state index is 10.9. The molecule has 7 heteroatoms. The van der Waals surface area contributed by atoms with Gasteiger partial charge in [0.25, 0.3) is 0 Å². The van der Waals surface area contributed by atoms with Gasteiger partial charge in [-0.2, -0.15) is 0 Å². The Labute approximate surface area is 78.0 Å². The van der Waals surface area contributed by atoms with Crippen LogP contribution in [0.3, 0.4) is 0 Å². The second-order valence-corrected chi connectivity index (χ2v) is 3.42. The number of carboxylic acids is 1. The summed E-state index contributed by atoms with van der Waals surface area (Å²) in [5, 5.41) is 14.8. The Kier molecular flexibility index (Phi) is 3.13. The molecule has 1 rings (SSSR count). The van der Waals surface area contributed by atoms with Crippen LogP contribution >= 0.6 is 11.8 Å². The van der Waals surface area contributed by atoms with Gasteiger partial charge in [-0.15, -0.1) is 5.10 Å². The van der Waals surface area contributed by atoms with E-state index >= 15 is 0 Å². The van der Waals surface area contributed by atoms with Crippen molar-refractivity contribution in [3.05, 3.63) is 10.5 Å². The summed E-state index contributed by atoms with van der Waals surface area (Å²) >= 11 is 1.24. The minimum Gasteiger partial charge on any atom is -0.481 e. The third-order valence-electron chi connectivity index (χ3n) is 1.39. The standard InChI is InChI=1S/C6H9N3O3S/c1-9-5(12)7-8-6(9)13-3-2-4(10)11/h2-3H2,1H3,(H,7,12)(H,10,11). The number of aliphatic carboxylic acids is 1. The zero-order valence-corrected chi connectivity index (χ0v) is 7.80. The number of thioether (sulfide) groups is 1. The van der Waals surface area contributed by atoms with Crippen molar-refractivity contribution in [2.45, 2.75) is 11.6 Å². The fourth-order valence-electron chi connectivity index (χ4n) is 0.691. The van der Waals surface area contributed by atoms with Crippen LogP contribution in [0.25, 0.3) is 0 Å². The Balaban J connectivity index is 2.50. The molecule has 0 bridgehead atoms. The molecule has 72 valence electrons. The quantitative estimate of drug-likeness (QED) is 0.654. The molecule has 0 saturated carbocycles. The number of carboxylic acid groups (broad SMARTS) is 1. The first kappa shape index (κ1) is 9.85. The van der Waals surface area contributed by atoms with Crippen LogP contribution in [-0.2, 0) is 11.8 Å². The zero-order chi connectivity index (χ0) is 9.84. The highest BCUT2D eigenvalue weighted by molar-refractivity contribution is 7.99. The summed E-state index contributed by atoms with van der Waals surface area (Å²) in [4.78, 5) is 21.0. The summed E-state index contributed by atoms with van der Waals surface area (Å²) in [7, 11) is 1.58. The Morgan fingerprint density at radius 2 is 2.46 bits per heavy atom. The van der Waals surface area contributed by atoms with Gasteiger partial charge in [0.05, 0.1) is 6.42 Å². The molecule has 0 fully saturated rings. The first-order valence-corrected chi connectivity index (χ1v) is 4.56. The van der Waals surface area contributed by atoms with Crippen LogP contribution in [0.5, 0.6) is 0 Å². The molecule has 1 heterocycles. The SMILES string of the molecule is Cn1c(SCCC(=O)O)n[nH]c1=O. The number of hydrogen-bond acceptors (Lipinski definition) is 4. The average Bonchev–Trinajstić information content (AvgIpc) is 2.35. The Morgan fingerprint density at radius 3 is 2.92 bits per heavy atom. The Morgan fingerprint density at radius 1 is 1.77 bits per heavy atom. The lowest BCUT2D eigenvalue weighted by Gasteiger charge is -1.96. The summed E-state index contributed by atoms with van der Waals surface area (Å²) in [5.74, 6) is -0.443. The predicted molar refractivity (Wildman–Crippen MR) is 46.8 cm³/mol. The molecular weight excluding hydrogens is 194 g/mol. The van der Waals surface area contributed by atoms with Crippen molar-refractivity contribution in [3.8, 4) is 0 Å². The van der Waals surface area contributed by atoms with Crippen LogP contribution in [0.15, 0.2) is 9.95 Å². The molecule has 0 spiro atoms. The number of aromatic nitrogens is 3. The lowest BCUT2D eigenvalue weighted by Crippen LogP contribution is -2.13. The Hall–Kier alpha value is -1.24. The summed E-state index contributed by atoms with van der Waals surface area (Å²) in [5.41, 5.74) is -0.294. The second kappa shape index (κ2) is 4.13. The third kappa shape index (κ3) is 2.62. The molecule has 0 aliphatic carbocycles. The molecule has 0 atom stereocenters. The van der Waals surface area contributed by atoms with Gasteiger partial charge < -0.3 is 5.11 Å². The zero-order valence-electron chi connectivity index (χ0n) is 6.98. The fourth-order valence-corrected chi connectivity index (χ4v) is 1.54. The lowest BCUT2D eigenvalue weighted by atomic mass is 10.5. The largest absolute Gasteiger partial charge is 0.481 e. The molecule has 0 unspecified atom stereocenters. The summed E-state index contributed by atoms with van der Waals surface area (Å²) in [6.07, 6.45) is 0.0612. The van der Waals surface area contributed by atoms with E-state index in [1.165, 1.54) is 16.3 Å². The molecule has 0 aliphatic rings. The maximum absolute atomic E-state index is 10.9. The van der Waals surface area contributed by atoms with Gasteiger partial charge in [0.15, 0.2) is 5.16 Å². The summed E-state index contributed by atoms with van der Waals surface area (Å²) < 4.78 is 1.34. The van der Waals surface area contributed by atoms with E-state index in [9.17, 15) is 9.59 Å². The van der Waals surface area contributed by atoms with Crippen molar-refractivity contribution in [2.75, 3.05) is 5.75 Å². The van der Waals surface area contributed by atoms with Crippen LogP contribution < -0.4 is 5.69 Å². The number of carbonyl (C=O) groups is 1. The highest BCUT2D eigenvalue weighted by Crippen LogP contribution is 2.12. The van der Waals surface area contributed by atoms with Crippen molar-refractivity contribution < 1.29 is 9.90 Å². The van der Waals surface area contributed by atoms with Gasteiger partial charge in [0, 0.05) is 12.8 Å². The van der Waals surface area contributed by atoms with Crippen LogP contribution in [0.1, 0.15) is 6.42 Å². The molecule has 6 nitrogen and oxygen atoms in total. The number of aromatic amines is 1. The summed E-state index contributed by atoms with van der Waals surface area (Å²) in [6, 6.07) is 0. The minimum atomic E-state index is -0.854. The normalized spacial score (nSPS) is 10.2. The number of nitrogens with zero attached hydrogens (tertiary/aromatic N) is 2. The highest BCUT2D eigenvalue weighted by Gasteiger charge is 2.05. The van der Waals surface area contributed by atoms with Gasteiger partial charge in [-0.1, -0.05) is 11.8 Å². The maximum Gasteiger partial charge on any atom is 0.343 e. The second-order valence-electron chi connectivity index (χ2n) is 2.36. The monoisotopic (exact) mass is 203 g/mol. The van der Waals surface area contributed by atoms with Crippen molar-refractivity contribution in [1.29, 1.82) is 0 Å². The van der Waals surface area contributed by atoms with E-state index in [0.29, 0.717) is 10.9 Å². The summed E-state index contributed by atoms with van der Waals surface area (Å²) in [6.45, 7) is 0. The van der Waals surface area contributed by atoms with E-state index in [0.717, 1.165) is 0 Å². The van der Waals surface area contributed by atoms with Gasteiger partial charge in [-0.3, -0.25) is 9.36 Å². The smallest absolute Gasteiger partial charge is 0.343 e. The van der Waals surface area contributed by atoms with E-state index in [4.69, 9.17) is 5.11 Å². The van der Waals surface area contributed by atoms with Crippen LogP contribution in [0.2, 0.25) is 0 Å². The molecule has 0 radical (unpaired) electrons. The molecule has 0 saturated heterocycles. The van der Waals surface area contributed by atoms with Crippen LogP contribution in [0, 0.1) is 0 Å². The fraction of sp³-hybridized carbons (Fsp3) is 0.500. The molecule has 0 aromatic carbocycles. The van der Waals surface area contributed by atoms with Gasteiger partial charge in [-0.05, 0) is 0 Å². The Bertz CT molecular complexity index is 356. The number of nitrogens with one attached hydrogen (secondary N) is 1. The molecule has 1 aromatic rings. The highest BCUT2D eigenvalue weighted by atomic mass is 32.2. The lowest BCUT2D eigenvalue weighted by molar-refractivity contribution is -0.136. The van der Waals surface area contributed by atoms with Crippen molar-refractivity contribution in [1.82, 2.24) is 14.8 Å². The number of H-pyrrole nitrogens is 1. The van der Waals surface area contributed by atoms with E-state index in [2.05, 4.69) is 10.2 Å². The van der Waals surface area contributed by atoms with Gasteiger partial charge in [0.1, 0.15) is 0 Å². The topological polar surface area (TPSA) is 88.0 Å². The van der Waals surface area contributed by atoms with Crippen molar-refractivity contribution in [2.24, 2.45) is 7.05 Å². The minimum absolute atomic E-state index is 0.0612. The van der Waals surface area contributed by atoms with Gasteiger partial charge in [-0.25, -0.2) is 9.89 Å². The molecule has 13 heavy (non-hydrogen) atoms. The van der Waals surface area contributed by atoms with E-state index < -0.39 is 5.97 Å². The van der Waals surface area contributed by atoms with E-state index in [1.807, 2.05) is 0 Å². The molecule has 1 aromatic heterocycles. The van der Waals surface area contributed by atoms with E-state index in [1.54, 1.807) is 7.05 Å². The van der Waals surface area contributed by atoms with Crippen molar-refractivity contribution in [3.63, 3.8) is 0 Å². The molecular formula is C6H9N3O3S.